The van der Waals surface area contributed by atoms with E-state index >= 15 is 0 Å². The Kier molecular flexibility index (Phi) is 6.75. The van der Waals surface area contributed by atoms with Gasteiger partial charge in [-0.2, -0.15) is 13.2 Å². The molecule has 1 heterocycles. The van der Waals surface area contributed by atoms with Crippen molar-refractivity contribution < 1.29 is 27.8 Å². The molecule has 180 valence electrons. The molecule has 3 aromatic rings. The summed E-state index contributed by atoms with van der Waals surface area (Å²) in [5.74, 6) is -1.31. The third-order valence-corrected chi connectivity index (χ3v) is 5.35. The Morgan fingerprint density at radius 3 is 2.00 bits per heavy atom. The molecule has 5 nitrogen and oxygen atoms in total. The smallest absolute Gasteiger partial charge is 0.416 e. The molecular weight excluding hydrogens is 447 g/mol. The molecule has 0 saturated carbocycles. The summed E-state index contributed by atoms with van der Waals surface area (Å²) in [6.45, 7) is 8.20. The van der Waals surface area contributed by atoms with Crippen molar-refractivity contribution in [2.45, 2.75) is 52.5 Å². The molecule has 0 saturated heterocycles. The Labute approximate surface area is 195 Å². The SMILES string of the molecule is Cc1c(C(OC(C)(C)C)C(=O)O)n(-c2ccc(C(F)(F)F)cc2)c(C)c(-c2ccccc2)c1=O. The number of aliphatic carboxylic acids is 1. The Morgan fingerprint density at radius 1 is 0.971 bits per heavy atom. The maximum atomic E-state index is 13.5. The van der Waals surface area contributed by atoms with Gasteiger partial charge in [-0.25, -0.2) is 4.79 Å². The fourth-order valence-corrected chi connectivity index (χ4v) is 3.90. The highest BCUT2D eigenvalue weighted by Crippen LogP contribution is 2.34. The van der Waals surface area contributed by atoms with Crippen molar-refractivity contribution in [2.75, 3.05) is 0 Å². The van der Waals surface area contributed by atoms with Gasteiger partial charge in [0.25, 0.3) is 0 Å². The molecule has 0 aliphatic heterocycles. The van der Waals surface area contributed by atoms with Crippen LogP contribution in [0.1, 0.15) is 49.4 Å². The molecule has 0 amide bonds. The van der Waals surface area contributed by atoms with Gasteiger partial charge in [-0.3, -0.25) is 4.79 Å². The third kappa shape index (κ3) is 5.07. The highest BCUT2D eigenvalue weighted by molar-refractivity contribution is 5.76. The van der Waals surface area contributed by atoms with Crippen LogP contribution in [0, 0.1) is 13.8 Å². The lowest BCUT2D eigenvalue weighted by Gasteiger charge is -2.30. The predicted octanol–water partition coefficient (Wildman–Crippen LogP) is 6.08. The molecule has 1 aromatic heterocycles. The molecule has 0 spiro atoms. The second-order valence-corrected chi connectivity index (χ2v) is 8.99. The first-order chi connectivity index (χ1) is 15.7. The van der Waals surface area contributed by atoms with Crippen molar-refractivity contribution >= 4 is 5.97 Å². The number of carbonyl (C=O) groups is 1. The first-order valence-corrected chi connectivity index (χ1v) is 10.6. The summed E-state index contributed by atoms with van der Waals surface area (Å²) in [6, 6.07) is 13.2. The number of halogens is 3. The van der Waals surface area contributed by atoms with Crippen LogP contribution >= 0.6 is 0 Å². The lowest BCUT2D eigenvalue weighted by Crippen LogP contribution is -2.33. The monoisotopic (exact) mass is 473 g/mol. The summed E-state index contributed by atoms with van der Waals surface area (Å²) in [5.41, 5.74) is -0.258. The number of rotatable bonds is 5. The standard InChI is InChI=1S/C26H26F3NO4/c1-15-21(23(24(32)33)34-25(3,4)5)30(19-13-11-18(12-14-19)26(27,28)29)16(2)20(22(15)31)17-9-7-6-8-10-17/h6-14,23H,1-5H3,(H,32,33). The van der Waals surface area contributed by atoms with Crippen LogP contribution in [0.15, 0.2) is 59.4 Å². The highest BCUT2D eigenvalue weighted by Gasteiger charge is 2.34. The molecule has 8 heteroatoms. The van der Waals surface area contributed by atoms with E-state index in [1.807, 2.05) is 0 Å². The molecule has 0 aliphatic rings. The molecule has 0 bridgehead atoms. The first kappa shape index (κ1) is 25.2. The van der Waals surface area contributed by atoms with Gasteiger partial charge in [0.1, 0.15) is 0 Å². The molecule has 0 aliphatic carbocycles. The first-order valence-electron chi connectivity index (χ1n) is 10.6. The number of pyridine rings is 1. The van der Waals surface area contributed by atoms with Crippen molar-refractivity contribution in [1.82, 2.24) is 4.57 Å². The summed E-state index contributed by atoms with van der Waals surface area (Å²) in [5, 5.41) is 10.0. The van der Waals surface area contributed by atoms with Crippen LogP contribution in [0.3, 0.4) is 0 Å². The highest BCUT2D eigenvalue weighted by atomic mass is 19.4. The zero-order valence-corrected chi connectivity index (χ0v) is 19.5. The van der Waals surface area contributed by atoms with Gasteiger partial charge in [-0.05, 0) is 64.4 Å². The molecule has 0 fully saturated rings. The minimum Gasteiger partial charge on any atom is -0.479 e. The van der Waals surface area contributed by atoms with Gasteiger partial charge in [0.05, 0.1) is 16.9 Å². The number of benzene rings is 2. The Hall–Kier alpha value is -3.39. The van der Waals surface area contributed by atoms with Gasteiger partial charge >= 0.3 is 12.1 Å². The molecule has 1 N–H and O–H groups in total. The average Bonchev–Trinajstić information content (AvgIpc) is 2.74. The van der Waals surface area contributed by atoms with Crippen LogP contribution in [-0.4, -0.2) is 21.2 Å². The molecule has 34 heavy (non-hydrogen) atoms. The molecule has 1 atom stereocenters. The number of nitrogens with zero attached hydrogens (tertiary/aromatic N) is 1. The quantitative estimate of drug-likeness (QED) is 0.488. The lowest BCUT2D eigenvalue weighted by atomic mass is 9.97. The van der Waals surface area contributed by atoms with E-state index in [-0.39, 0.29) is 22.4 Å². The van der Waals surface area contributed by atoms with Gasteiger partial charge < -0.3 is 14.4 Å². The second kappa shape index (κ2) is 9.10. The summed E-state index contributed by atoms with van der Waals surface area (Å²) >= 11 is 0. The number of carboxylic acid groups (broad SMARTS) is 1. The largest absolute Gasteiger partial charge is 0.479 e. The minimum atomic E-state index is -4.52. The second-order valence-electron chi connectivity index (χ2n) is 8.99. The average molecular weight is 473 g/mol. The van der Waals surface area contributed by atoms with E-state index < -0.39 is 29.4 Å². The van der Waals surface area contributed by atoms with Crippen molar-refractivity contribution in [2.24, 2.45) is 0 Å². The molecule has 1 unspecified atom stereocenters. The van der Waals surface area contributed by atoms with Crippen molar-refractivity contribution in [3.63, 3.8) is 0 Å². The normalized spacial score (nSPS) is 13.1. The van der Waals surface area contributed by atoms with Crippen LogP contribution in [-0.2, 0) is 15.7 Å². The van der Waals surface area contributed by atoms with Crippen LogP contribution in [0.25, 0.3) is 16.8 Å². The number of alkyl halides is 3. The molecule has 3 rings (SSSR count). The van der Waals surface area contributed by atoms with Crippen molar-refractivity contribution in [3.8, 4) is 16.8 Å². The number of carboxylic acids is 1. The molecule has 2 aromatic carbocycles. The van der Waals surface area contributed by atoms with Gasteiger partial charge in [-0.1, -0.05) is 30.3 Å². The van der Waals surface area contributed by atoms with Crippen molar-refractivity contribution in [3.05, 3.63) is 87.3 Å². The van der Waals surface area contributed by atoms with Crippen LogP contribution in [0.4, 0.5) is 13.2 Å². The Balaban J connectivity index is 2.41. The van der Waals surface area contributed by atoms with Gasteiger partial charge in [0.15, 0.2) is 11.5 Å². The van der Waals surface area contributed by atoms with Crippen LogP contribution in [0.2, 0.25) is 0 Å². The number of ether oxygens (including phenoxy) is 1. The van der Waals surface area contributed by atoms with Gasteiger partial charge in [0, 0.05) is 22.5 Å². The zero-order chi connectivity index (χ0) is 25.4. The third-order valence-electron chi connectivity index (χ3n) is 5.35. The minimum absolute atomic E-state index is 0.0596. The molecular formula is C26H26F3NO4. The summed E-state index contributed by atoms with van der Waals surface area (Å²) in [4.78, 5) is 25.7. The zero-order valence-electron chi connectivity index (χ0n) is 19.5. The van der Waals surface area contributed by atoms with E-state index in [1.165, 1.54) is 23.6 Å². The number of aromatic nitrogens is 1. The van der Waals surface area contributed by atoms with E-state index in [2.05, 4.69) is 0 Å². The lowest BCUT2D eigenvalue weighted by molar-refractivity contribution is -0.161. The number of hydrogen-bond acceptors (Lipinski definition) is 3. The number of hydrogen-bond donors (Lipinski definition) is 1. The maximum Gasteiger partial charge on any atom is 0.416 e. The maximum absolute atomic E-state index is 13.5. The van der Waals surface area contributed by atoms with E-state index in [1.54, 1.807) is 58.0 Å². The predicted molar refractivity (Wildman–Crippen MR) is 123 cm³/mol. The van der Waals surface area contributed by atoms with E-state index in [4.69, 9.17) is 4.74 Å². The fraction of sp³-hybridized carbons (Fsp3) is 0.308. The van der Waals surface area contributed by atoms with E-state index in [0.717, 1.165) is 12.1 Å². The molecule has 0 radical (unpaired) electrons. The van der Waals surface area contributed by atoms with Crippen molar-refractivity contribution in [1.29, 1.82) is 0 Å². The summed E-state index contributed by atoms with van der Waals surface area (Å²) in [6.07, 6.45) is -6.05. The van der Waals surface area contributed by atoms with Gasteiger partial charge in [0.2, 0.25) is 0 Å². The van der Waals surface area contributed by atoms with Crippen LogP contribution in [0.5, 0.6) is 0 Å². The van der Waals surface area contributed by atoms with Crippen LogP contribution < -0.4 is 5.43 Å². The topological polar surface area (TPSA) is 68.5 Å². The van der Waals surface area contributed by atoms with E-state index in [9.17, 15) is 27.9 Å². The summed E-state index contributed by atoms with van der Waals surface area (Å²) < 4.78 is 46.8. The summed E-state index contributed by atoms with van der Waals surface area (Å²) in [7, 11) is 0. The van der Waals surface area contributed by atoms with E-state index in [0.29, 0.717) is 16.8 Å². The Bertz CT molecular complexity index is 1250. The van der Waals surface area contributed by atoms with Gasteiger partial charge in [-0.15, -0.1) is 0 Å². The fourth-order valence-electron chi connectivity index (χ4n) is 3.90. The Morgan fingerprint density at radius 2 is 1.53 bits per heavy atom.